The largest absolute Gasteiger partial charge is 0.354 e. The molecule has 0 aromatic heterocycles. The molecule has 0 aliphatic carbocycles. The lowest BCUT2D eigenvalue weighted by Crippen LogP contribution is -2.32. The van der Waals surface area contributed by atoms with E-state index in [-0.39, 0.29) is 5.91 Å². The zero-order chi connectivity index (χ0) is 12.4. The zero-order valence-corrected chi connectivity index (χ0v) is 11.1. The minimum absolute atomic E-state index is 0.188. The Morgan fingerprint density at radius 1 is 1.12 bits per heavy atom. The van der Waals surface area contributed by atoms with Crippen LogP contribution in [0.4, 0.5) is 0 Å². The number of amides is 1. The quantitative estimate of drug-likeness (QED) is 0.596. The maximum Gasteiger partial charge on any atom is 0.220 e. The van der Waals surface area contributed by atoms with Gasteiger partial charge in [-0.25, -0.2) is 0 Å². The SMILES string of the molecule is CC(C)CCC(C)NC(=O)CCCCCN. The van der Waals surface area contributed by atoms with Crippen molar-refractivity contribution in [2.24, 2.45) is 11.7 Å². The molecule has 3 nitrogen and oxygen atoms in total. The molecule has 96 valence electrons. The van der Waals surface area contributed by atoms with Crippen LogP contribution in [0, 0.1) is 5.92 Å². The van der Waals surface area contributed by atoms with Crippen molar-refractivity contribution in [3.05, 3.63) is 0 Å². The van der Waals surface area contributed by atoms with Gasteiger partial charge in [0.25, 0.3) is 0 Å². The first-order valence-electron chi connectivity index (χ1n) is 6.55. The van der Waals surface area contributed by atoms with E-state index in [4.69, 9.17) is 5.73 Å². The molecule has 0 spiro atoms. The normalized spacial score (nSPS) is 12.8. The molecular formula is C13H28N2O. The molecule has 0 radical (unpaired) electrons. The van der Waals surface area contributed by atoms with Gasteiger partial charge in [-0.1, -0.05) is 20.3 Å². The minimum atomic E-state index is 0.188. The van der Waals surface area contributed by atoms with Gasteiger partial charge in [-0.3, -0.25) is 4.79 Å². The highest BCUT2D eigenvalue weighted by Gasteiger charge is 2.07. The number of carbonyl (C=O) groups excluding carboxylic acids is 1. The van der Waals surface area contributed by atoms with E-state index in [0.717, 1.165) is 32.2 Å². The third kappa shape index (κ3) is 9.97. The van der Waals surface area contributed by atoms with Crippen LogP contribution in [0.2, 0.25) is 0 Å². The summed E-state index contributed by atoms with van der Waals surface area (Å²) >= 11 is 0. The Morgan fingerprint density at radius 2 is 1.81 bits per heavy atom. The highest BCUT2D eigenvalue weighted by Crippen LogP contribution is 2.07. The van der Waals surface area contributed by atoms with Crippen LogP contribution in [0.3, 0.4) is 0 Å². The predicted molar refractivity (Wildman–Crippen MR) is 69.2 cm³/mol. The molecule has 3 heteroatoms. The number of nitrogens with two attached hydrogens (primary N) is 1. The van der Waals surface area contributed by atoms with Crippen molar-refractivity contribution < 1.29 is 4.79 Å². The molecule has 1 atom stereocenters. The lowest BCUT2D eigenvalue weighted by molar-refractivity contribution is -0.121. The lowest BCUT2D eigenvalue weighted by Gasteiger charge is -2.14. The van der Waals surface area contributed by atoms with E-state index in [0.29, 0.717) is 18.4 Å². The van der Waals surface area contributed by atoms with Crippen molar-refractivity contribution in [3.63, 3.8) is 0 Å². The van der Waals surface area contributed by atoms with Crippen molar-refractivity contribution in [1.82, 2.24) is 5.32 Å². The number of hydrogen-bond donors (Lipinski definition) is 2. The van der Waals surface area contributed by atoms with Gasteiger partial charge in [0.2, 0.25) is 5.91 Å². The molecule has 0 saturated carbocycles. The van der Waals surface area contributed by atoms with Gasteiger partial charge in [-0.2, -0.15) is 0 Å². The Morgan fingerprint density at radius 3 is 2.38 bits per heavy atom. The average molecular weight is 228 g/mol. The van der Waals surface area contributed by atoms with Crippen LogP contribution in [0.1, 0.15) is 59.3 Å². The molecule has 0 rings (SSSR count). The average Bonchev–Trinajstić information content (AvgIpc) is 2.21. The second kappa shape index (κ2) is 9.64. The molecular weight excluding hydrogens is 200 g/mol. The molecule has 0 aliphatic heterocycles. The van der Waals surface area contributed by atoms with Gasteiger partial charge in [0.1, 0.15) is 0 Å². The summed E-state index contributed by atoms with van der Waals surface area (Å²) in [4.78, 5) is 11.5. The summed E-state index contributed by atoms with van der Waals surface area (Å²) in [7, 11) is 0. The maximum atomic E-state index is 11.5. The van der Waals surface area contributed by atoms with E-state index >= 15 is 0 Å². The van der Waals surface area contributed by atoms with Gasteiger partial charge in [-0.15, -0.1) is 0 Å². The van der Waals surface area contributed by atoms with E-state index in [1.807, 2.05) is 0 Å². The summed E-state index contributed by atoms with van der Waals surface area (Å²) < 4.78 is 0. The summed E-state index contributed by atoms with van der Waals surface area (Å²) in [5.74, 6) is 0.900. The Hall–Kier alpha value is -0.570. The highest BCUT2D eigenvalue weighted by atomic mass is 16.1. The van der Waals surface area contributed by atoms with Gasteiger partial charge in [-0.05, 0) is 45.1 Å². The molecule has 0 aromatic carbocycles. The number of nitrogens with one attached hydrogen (secondary N) is 1. The molecule has 0 fully saturated rings. The monoisotopic (exact) mass is 228 g/mol. The van der Waals surface area contributed by atoms with Crippen LogP contribution in [0.15, 0.2) is 0 Å². The summed E-state index contributed by atoms with van der Waals surface area (Å²) in [6, 6.07) is 0.310. The van der Waals surface area contributed by atoms with Crippen LogP contribution < -0.4 is 11.1 Å². The fourth-order valence-corrected chi connectivity index (χ4v) is 1.61. The van der Waals surface area contributed by atoms with Gasteiger partial charge in [0.15, 0.2) is 0 Å². The third-order valence-electron chi connectivity index (χ3n) is 2.69. The molecule has 3 N–H and O–H groups in total. The molecule has 1 unspecified atom stereocenters. The standard InChI is InChI=1S/C13H28N2O/c1-11(2)8-9-12(3)15-13(16)7-5-4-6-10-14/h11-12H,4-10,14H2,1-3H3,(H,15,16). The van der Waals surface area contributed by atoms with Gasteiger partial charge >= 0.3 is 0 Å². The molecule has 0 aromatic rings. The first kappa shape index (κ1) is 15.4. The highest BCUT2D eigenvalue weighted by molar-refractivity contribution is 5.76. The third-order valence-corrected chi connectivity index (χ3v) is 2.69. The van der Waals surface area contributed by atoms with E-state index in [2.05, 4.69) is 26.1 Å². The van der Waals surface area contributed by atoms with Gasteiger partial charge in [0, 0.05) is 12.5 Å². The number of carbonyl (C=O) groups is 1. The van der Waals surface area contributed by atoms with E-state index in [1.54, 1.807) is 0 Å². The molecule has 0 aliphatic rings. The Kier molecular flexibility index (Phi) is 9.30. The maximum absolute atomic E-state index is 11.5. The Balaban J connectivity index is 3.46. The molecule has 16 heavy (non-hydrogen) atoms. The Bertz CT molecular complexity index is 181. The molecule has 0 bridgehead atoms. The molecule has 0 heterocycles. The van der Waals surface area contributed by atoms with Crippen LogP contribution in [-0.4, -0.2) is 18.5 Å². The van der Waals surface area contributed by atoms with Gasteiger partial charge < -0.3 is 11.1 Å². The van der Waals surface area contributed by atoms with Crippen LogP contribution in [-0.2, 0) is 4.79 Å². The van der Waals surface area contributed by atoms with Crippen molar-refractivity contribution in [2.45, 2.75) is 65.3 Å². The van der Waals surface area contributed by atoms with Crippen LogP contribution in [0.25, 0.3) is 0 Å². The topological polar surface area (TPSA) is 55.1 Å². The summed E-state index contributed by atoms with van der Waals surface area (Å²) in [6.45, 7) is 7.23. The summed E-state index contributed by atoms with van der Waals surface area (Å²) in [5, 5.41) is 3.04. The Labute approximate surface area is 100 Å². The van der Waals surface area contributed by atoms with Gasteiger partial charge in [0.05, 0.1) is 0 Å². The van der Waals surface area contributed by atoms with Crippen molar-refractivity contribution >= 4 is 5.91 Å². The van der Waals surface area contributed by atoms with Crippen LogP contribution in [0.5, 0.6) is 0 Å². The fraction of sp³-hybridized carbons (Fsp3) is 0.923. The first-order valence-corrected chi connectivity index (χ1v) is 6.55. The summed E-state index contributed by atoms with van der Waals surface area (Å²) in [5.41, 5.74) is 5.39. The predicted octanol–water partition coefficient (Wildman–Crippen LogP) is 2.45. The van der Waals surface area contributed by atoms with E-state index < -0.39 is 0 Å². The van der Waals surface area contributed by atoms with E-state index in [9.17, 15) is 4.79 Å². The number of rotatable bonds is 9. The van der Waals surface area contributed by atoms with Crippen molar-refractivity contribution in [3.8, 4) is 0 Å². The van der Waals surface area contributed by atoms with Crippen molar-refractivity contribution in [1.29, 1.82) is 0 Å². The smallest absolute Gasteiger partial charge is 0.220 e. The number of unbranched alkanes of at least 4 members (excludes halogenated alkanes) is 2. The van der Waals surface area contributed by atoms with Crippen molar-refractivity contribution in [2.75, 3.05) is 6.54 Å². The second-order valence-corrected chi connectivity index (χ2v) is 5.04. The minimum Gasteiger partial charge on any atom is -0.354 e. The second-order valence-electron chi connectivity index (χ2n) is 5.04. The first-order chi connectivity index (χ1) is 7.56. The number of hydrogen-bond acceptors (Lipinski definition) is 2. The van der Waals surface area contributed by atoms with Crippen LogP contribution >= 0.6 is 0 Å². The molecule has 1 amide bonds. The summed E-state index contributed by atoms with van der Waals surface area (Å²) in [6.07, 6.45) is 5.94. The van der Waals surface area contributed by atoms with E-state index in [1.165, 1.54) is 6.42 Å². The molecule has 0 saturated heterocycles. The zero-order valence-electron chi connectivity index (χ0n) is 11.1. The fourth-order valence-electron chi connectivity index (χ4n) is 1.61. The lowest BCUT2D eigenvalue weighted by atomic mass is 10.0.